The number of hydrogen-bond donors (Lipinski definition) is 1. The molecule has 4 heteroatoms. The lowest BCUT2D eigenvalue weighted by atomic mass is 9.89. The van der Waals surface area contributed by atoms with Crippen LogP contribution in [0, 0.1) is 0 Å². The van der Waals surface area contributed by atoms with Crippen molar-refractivity contribution >= 4 is 16.8 Å². The van der Waals surface area contributed by atoms with Crippen molar-refractivity contribution in [2.45, 2.75) is 38.3 Å². The smallest absolute Gasteiger partial charge is 0.197 e. The average Bonchev–Trinajstić information content (AvgIpc) is 2.84. The molecule has 0 atom stereocenters. The molecule has 0 unspecified atom stereocenters. The summed E-state index contributed by atoms with van der Waals surface area (Å²) in [6, 6.07) is 8.08. The zero-order valence-corrected chi connectivity index (χ0v) is 11.8. The molecule has 4 nitrogen and oxygen atoms in total. The highest BCUT2D eigenvalue weighted by atomic mass is 16.5. The minimum atomic E-state index is 0.0273. The van der Waals surface area contributed by atoms with Gasteiger partial charge in [-0.25, -0.2) is 0 Å². The van der Waals surface area contributed by atoms with Crippen LogP contribution in [0.25, 0.3) is 11.0 Å². The highest BCUT2D eigenvalue weighted by Gasteiger charge is 2.29. The van der Waals surface area contributed by atoms with E-state index in [0.29, 0.717) is 18.2 Å². The summed E-state index contributed by atoms with van der Waals surface area (Å²) in [5.41, 5.74) is 0.732. The van der Waals surface area contributed by atoms with Gasteiger partial charge in [-0.1, -0.05) is 6.92 Å². The summed E-state index contributed by atoms with van der Waals surface area (Å²) in [5, 5.41) is 4.16. The molecular weight excluding hydrogens is 254 g/mol. The maximum Gasteiger partial charge on any atom is 0.197 e. The molecule has 1 fully saturated rings. The van der Waals surface area contributed by atoms with Gasteiger partial charge in [-0.05, 0) is 44.2 Å². The van der Waals surface area contributed by atoms with Gasteiger partial charge in [0.05, 0.1) is 0 Å². The van der Waals surface area contributed by atoms with E-state index in [-0.39, 0.29) is 11.9 Å². The third-order valence-electron chi connectivity index (χ3n) is 3.89. The Morgan fingerprint density at radius 1 is 1.40 bits per heavy atom. The van der Waals surface area contributed by atoms with Crippen LogP contribution in [0.3, 0.4) is 0 Å². The Hall–Kier alpha value is -1.81. The van der Waals surface area contributed by atoms with Crippen LogP contribution < -0.4 is 10.1 Å². The van der Waals surface area contributed by atoms with Crippen LogP contribution >= 0.6 is 0 Å². The molecule has 0 bridgehead atoms. The van der Waals surface area contributed by atoms with E-state index in [0.717, 1.165) is 29.6 Å². The molecule has 106 valence electrons. The topological polar surface area (TPSA) is 51.5 Å². The van der Waals surface area contributed by atoms with E-state index in [9.17, 15) is 4.79 Å². The molecule has 0 radical (unpaired) electrons. The van der Waals surface area contributed by atoms with E-state index >= 15 is 0 Å². The first-order valence-electron chi connectivity index (χ1n) is 7.10. The molecule has 0 amide bonds. The number of ether oxygens (including phenoxy) is 1. The Morgan fingerprint density at radius 3 is 2.90 bits per heavy atom. The van der Waals surface area contributed by atoms with Crippen LogP contribution in [0.5, 0.6) is 5.75 Å². The van der Waals surface area contributed by atoms with Crippen LogP contribution in [0.4, 0.5) is 0 Å². The molecule has 0 aliphatic heterocycles. The number of rotatable bonds is 5. The second-order valence-electron chi connectivity index (χ2n) is 5.28. The lowest BCUT2D eigenvalue weighted by Crippen LogP contribution is -2.45. The summed E-state index contributed by atoms with van der Waals surface area (Å²) < 4.78 is 11.5. The average molecular weight is 273 g/mol. The number of Topliss-reactive ketones (excluding diaryl/α,β-unsaturated/α-hetero) is 1. The minimum absolute atomic E-state index is 0.0273. The lowest BCUT2D eigenvalue weighted by Gasteiger charge is -2.35. The van der Waals surface area contributed by atoms with Gasteiger partial charge in [0, 0.05) is 17.8 Å². The van der Waals surface area contributed by atoms with Gasteiger partial charge >= 0.3 is 0 Å². The van der Waals surface area contributed by atoms with Crippen molar-refractivity contribution in [3.05, 3.63) is 30.0 Å². The molecule has 3 rings (SSSR count). The van der Waals surface area contributed by atoms with Crippen LogP contribution in [0.1, 0.15) is 36.7 Å². The molecule has 1 aliphatic rings. The molecule has 20 heavy (non-hydrogen) atoms. The van der Waals surface area contributed by atoms with Crippen molar-refractivity contribution in [2.24, 2.45) is 0 Å². The summed E-state index contributed by atoms with van der Waals surface area (Å²) in [6.07, 6.45) is 2.82. The first-order chi connectivity index (χ1) is 9.69. The van der Waals surface area contributed by atoms with Gasteiger partial charge in [-0.3, -0.25) is 4.79 Å². The molecule has 1 aliphatic carbocycles. The maximum absolute atomic E-state index is 11.6. The van der Waals surface area contributed by atoms with Crippen molar-refractivity contribution in [3.63, 3.8) is 0 Å². The first-order valence-corrected chi connectivity index (χ1v) is 7.10. The van der Waals surface area contributed by atoms with E-state index in [1.54, 1.807) is 6.07 Å². The molecule has 1 heterocycles. The van der Waals surface area contributed by atoms with E-state index in [1.807, 2.05) is 32.2 Å². The molecule has 0 spiro atoms. The van der Waals surface area contributed by atoms with Gasteiger partial charge in [0.15, 0.2) is 11.5 Å². The molecular formula is C16H19NO3. The zero-order chi connectivity index (χ0) is 14.1. The largest absolute Gasteiger partial charge is 0.490 e. The van der Waals surface area contributed by atoms with Gasteiger partial charge in [-0.15, -0.1) is 0 Å². The predicted octanol–water partition coefficient (Wildman–Crippen LogP) is 3.15. The highest BCUT2D eigenvalue weighted by molar-refractivity contribution is 5.97. The zero-order valence-electron chi connectivity index (χ0n) is 11.8. The van der Waals surface area contributed by atoms with Crippen LogP contribution in [0.2, 0.25) is 0 Å². The summed E-state index contributed by atoms with van der Waals surface area (Å²) in [5.74, 6) is 1.30. The number of fused-ring (bicyclic) bond motifs is 1. The second-order valence-corrected chi connectivity index (χ2v) is 5.28. The summed E-state index contributed by atoms with van der Waals surface area (Å²) in [4.78, 5) is 11.6. The standard InChI is InChI=1S/C16H19NO3/c1-3-14(18)16-7-10-6-12(4-5-15(10)20-16)19-13-8-11(9-13)17-2/h4-7,11,13,17H,3,8-9H2,1-2H3/t11-,13+. The van der Waals surface area contributed by atoms with Crippen molar-refractivity contribution < 1.29 is 13.9 Å². The number of furan rings is 1. The van der Waals surface area contributed by atoms with Gasteiger partial charge in [0.25, 0.3) is 0 Å². The normalized spacial score (nSPS) is 21.7. The number of hydrogen-bond acceptors (Lipinski definition) is 4. The molecule has 0 saturated heterocycles. The van der Waals surface area contributed by atoms with Crippen LogP contribution in [0.15, 0.2) is 28.7 Å². The van der Waals surface area contributed by atoms with E-state index < -0.39 is 0 Å². The third-order valence-corrected chi connectivity index (χ3v) is 3.89. The van der Waals surface area contributed by atoms with E-state index in [2.05, 4.69) is 5.32 Å². The molecule has 1 aromatic heterocycles. The fourth-order valence-corrected chi connectivity index (χ4v) is 2.50. The fraction of sp³-hybridized carbons (Fsp3) is 0.438. The van der Waals surface area contributed by atoms with Gasteiger partial charge < -0.3 is 14.5 Å². The van der Waals surface area contributed by atoms with Crippen LogP contribution in [-0.4, -0.2) is 25.0 Å². The number of ketones is 1. The summed E-state index contributed by atoms with van der Waals surface area (Å²) >= 11 is 0. The van der Waals surface area contributed by atoms with Crippen molar-refractivity contribution in [1.29, 1.82) is 0 Å². The van der Waals surface area contributed by atoms with Crippen LogP contribution in [-0.2, 0) is 0 Å². The minimum Gasteiger partial charge on any atom is -0.490 e. The maximum atomic E-state index is 11.6. The fourth-order valence-electron chi connectivity index (χ4n) is 2.50. The Morgan fingerprint density at radius 2 is 2.20 bits per heavy atom. The monoisotopic (exact) mass is 273 g/mol. The number of carbonyl (C=O) groups is 1. The molecule has 1 aromatic carbocycles. The Balaban J connectivity index is 1.75. The van der Waals surface area contributed by atoms with Crippen molar-refractivity contribution in [3.8, 4) is 5.75 Å². The van der Waals surface area contributed by atoms with Gasteiger partial charge in [-0.2, -0.15) is 0 Å². The van der Waals surface area contributed by atoms with Gasteiger partial charge in [0.1, 0.15) is 17.4 Å². The number of nitrogens with one attached hydrogen (secondary N) is 1. The molecule has 1 N–H and O–H groups in total. The highest BCUT2D eigenvalue weighted by Crippen LogP contribution is 2.29. The SMILES string of the molecule is CCC(=O)c1cc2cc(O[C@H]3C[C@@H](NC)C3)ccc2o1. The first kappa shape index (κ1) is 13.2. The third kappa shape index (κ3) is 2.43. The summed E-state index contributed by atoms with van der Waals surface area (Å²) in [7, 11) is 1.98. The second kappa shape index (κ2) is 5.29. The number of carbonyl (C=O) groups excluding carboxylic acids is 1. The van der Waals surface area contributed by atoms with E-state index in [4.69, 9.17) is 9.15 Å². The number of benzene rings is 1. The quantitative estimate of drug-likeness (QED) is 0.850. The molecule has 2 aromatic rings. The summed E-state index contributed by atoms with van der Waals surface area (Å²) in [6.45, 7) is 1.83. The van der Waals surface area contributed by atoms with Gasteiger partial charge in [0.2, 0.25) is 0 Å². The van der Waals surface area contributed by atoms with Crippen molar-refractivity contribution in [1.82, 2.24) is 5.32 Å². The van der Waals surface area contributed by atoms with E-state index in [1.165, 1.54) is 0 Å². The molecule has 1 saturated carbocycles. The Labute approximate surface area is 118 Å². The van der Waals surface area contributed by atoms with Crippen molar-refractivity contribution in [2.75, 3.05) is 7.05 Å². The Kier molecular flexibility index (Phi) is 3.49. The Bertz CT molecular complexity index is 626. The lowest BCUT2D eigenvalue weighted by molar-refractivity contribution is 0.0886. The predicted molar refractivity (Wildman–Crippen MR) is 77.3 cm³/mol.